The van der Waals surface area contributed by atoms with Crippen LogP contribution in [0.3, 0.4) is 0 Å². The molecule has 8 heteroatoms. The van der Waals surface area contributed by atoms with Crippen molar-refractivity contribution >= 4 is 26.0 Å². The van der Waals surface area contributed by atoms with Crippen molar-refractivity contribution in [2.24, 2.45) is 0 Å². The normalized spacial score (nSPS) is 13.3. The average molecular weight is 287 g/mol. The highest BCUT2D eigenvalue weighted by Gasteiger charge is 2.25. The van der Waals surface area contributed by atoms with Gasteiger partial charge in [0.1, 0.15) is 5.60 Å². The molecule has 0 aliphatic heterocycles. The molecule has 0 aromatic rings. The Balaban J connectivity index is 4.24. The maximum absolute atomic E-state index is 11.3. The number of ether oxygens (including phenoxy) is 1. The molecule has 0 atom stereocenters. The first-order chi connectivity index (χ1) is 7.31. The summed E-state index contributed by atoms with van der Waals surface area (Å²) in [6, 6.07) is 0. The van der Waals surface area contributed by atoms with E-state index in [-0.39, 0.29) is 6.54 Å². The van der Waals surface area contributed by atoms with Gasteiger partial charge in [0.25, 0.3) is 9.24 Å². The van der Waals surface area contributed by atoms with Gasteiger partial charge in [-0.25, -0.2) is 4.79 Å². The third kappa shape index (κ3) is 10.3. The SMILES string of the molecule is CC(C)(CNC(=O)OC(C)(C)C)NS(=O)(=O)Cl. The fourth-order valence-electron chi connectivity index (χ4n) is 0.973. The van der Waals surface area contributed by atoms with Gasteiger partial charge in [-0.05, 0) is 34.6 Å². The Morgan fingerprint density at radius 3 is 2.06 bits per heavy atom. The first-order valence-corrected chi connectivity index (χ1v) is 7.32. The van der Waals surface area contributed by atoms with Crippen LogP contribution < -0.4 is 10.0 Å². The molecular formula is C9H19ClN2O4S. The molecule has 102 valence electrons. The van der Waals surface area contributed by atoms with Gasteiger partial charge in [-0.15, -0.1) is 0 Å². The van der Waals surface area contributed by atoms with Crippen LogP contribution in [0.1, 0.15) is 34.6 Å². The van der Waals surface area contributed by atoms with Gasteiger partial charge in [0.2, 0.25) is 0 Å². The topological polar surface area (TPSA) is 84.5 Å². The van der Waals surface area contributed by atoms with Gasteiger partial charge in [-0.2, -0.15) is 13.1 Å². The number of hydrogen-bond acceptors (Lipinski definition) is 4. The summed E-state index contributed by atoms with van der Waals surface area (Å²) in [4.78, 5) is 11.3. The van der Waals surface area contributed by atoms with Gasteiger partial charge in [0, 0.05) is 22.8 Å². The van der Waals surface area contributed by atoms with Crippen molar-refractivity contribution in [3.8, 4) is 0 Å². The molecule has 0 unspecified atom stereocenters. The van der Waals surface area contributed by atoms with Crippen LogP contribution in [0, 0.1) is 0 Å². The van der Waals surface area contributed by atoms with E-state index < -0.39 is 26.5 Å². The smallest absolute Gasteiger partial charge is 0.407 e. The number of alkyl carbamates (subject to hydrolysis) is 1. The van der Waals surface area contributed by atoms with E-state index in [4.69, 9.17) is 15.4 Å². The van der Waals surface area contributed by atoms with Crippen LogP contribution in [0.4, 0.5) is 4.79 Å². The Bertz CT molecular complexity index is 373. The molecule has 0 saturated carbocycles. The molecular weight excluding hydrogens is 268 g/mol. The summed E-state index contributed by atoms with van der Waals surface area (Å²) in [5, 5.41) is 2.46. The zero-order valence-corrected chi connectivity index (χ0v) is 12.2. The second-order valence-corrected chi connectivity index (χ2v) is 7.58. The summed E-state index contributed by atoms with van der Waals surface area (Å²) in [5.41, 5.74) is -1.49. The number of halogens is 1. The van der Waals surface area contributed by atoms with E-state index in [1.165, 1.54) is 0 Å². The quantitative estimate of drug-likeness (QED) is 0.764. The first kappa shape index (κ1) is 16.5. The lowest BCUT2D eigenvalue weighted by molar-refractivity contribution is 0.0516. The van der Waals surface area contributed by atoms with Crippen molar-refractivity contribution in [2.45, 2.75) is 45.8 Å². The molecule has 17 heavy (non-hydrogen) atoms. The lowest BCUT2D eigenvalue weighted by Crippen LogP contribution is -2.50. The van der Waals surface area contributed by atoms with Crippen molar-refractivity contribution in [1.82, 2.24) is 10.0 Å². The van der Waals surface area contributed by atoms with E-state index in [9.17, 15) is 13.2 Å². The predicted octanol–water partition coefficient (Wildman–Crippen LogP) is 1.36. The largest absolute Gasteiger partial charge is 0.444 e. The molecule has 0 spiro atoms. The van der Waals surface area contributed by atoms with E-state index in [0.717, 1.165) is 0 Å². The highest BCUT2D eigenvalue weighted by atomic mass is 35.7. The first-order valence-electron chi connectivity index (χ1n) is 5.01. The molecule has 6 nitrogen and oxygen atoms in total. The van der Waals surface area contributed by atoms with Crippen LogP contribution in [0.5, 0.6) is 0 Å². The molecule has 1 amide bonds. The minimum Gasteiger partial charge on any atom is -0.444 e. The van der Waals surface area contributed by atoms with Crippen LogP contribution in [-0.2, 0) is 14.0 Å². The summed E-state index contributed by atoms with van der Waals surface area (Å²) in [6.45, 7) is 8.44. The lowest BCUT2D eigenvalue weighted by atomic mass is 10.1. The lowest BCUT2D eigenvalue weighted by Gasteiger charge is -2.26. The summed E-state index contributed by atoms with van der Waals surface area (Å²) in [5.74, 6) is 0. The third-order valence-corrected chi connectivity index (χ3v) is 2.50. The van der Waals surface area contributed by atoms with Gasteiger partial charge < -0.3 is 10.1 Å². The Kier molecular flexibility index (Phi) is 5.24. The standard InChI is InChI=1S/C9H19ClN2O4S/c1-8(2,3)16-7(13)11-6-9(4,5)12-17(10,14)15/h12H,6H2,1-5H3,(H,11,13). The highest BCUT2D eigenvalue weighted by molar-refractivity contribution is 8.12. The van der Waals surface area contributed by atoms with Crippen molar-refractivity contribution in [1.29, 1.82) is 0 Å². The third-order valence-electron chi connectivity index (χ3n) is 1.47. The molecule has 2 N–H and O–H groups in total. The predicted molar refractivity (Wildman–Crippen MR) is 66.2 cm³/mol. The zero-order chi connectivity index (χ0) is 13.9. The number of carbonyl (C=O) groups is 1. The van der Waals surface area contributed by atoms with Gasteiger partial charge >= 0.3 is 6.09 Å². The Morgan fingerprint density at radius 1 is 1.24 bits per heavy atom. The van der Waals surface area contributed by atoms with E-state index in [1.54, 1.807) is 34.6 Å². The maximum Gasteiger partial charge on any atom is 0.407 e. The van der Waals surface area contributed by atoms with E-state index >= 15 is 0 Å². The fraction of sp³-hybridized carbons (Fsp3) is 0.889. The minimum atomic E-state index is -3.83. The summed E-state index contributed by atoms with van der Waals surface area (Å²) >= 11 is 0. The second kappa shape index (κ2) is 5.41. The number of carbonyl (C=O) groups excluding carboxylic acids is 1. The highest BCUT2D eigenvalue weighted by Crippen LogP contribution is 2.08. The van der Waals surface area contributed by atoms with Crippen LogP contribution in [-0.4, -0.2) is 32.2 Å². The zero-order valence-electron chi connectivity index (χ0n) is 10.6. The fourth-order valence-corrected chi connectivity index (χ4v) is 2.33. The minimum absolute atomic E-state index is 0.0634. The van der Waals surface area contributed by atoms with Crippen LogP contribution in [0.15, 0.2) is 0 Å². The number of amides is 1. The molecule has 0 bridgehead atoms. The van der Waals surface area contributed by atoms with E-state index in [2.05, 4.69) is 10.0 Å². The Labute approximate surface area is 107 Å². The number of hydrogen-bond donors (Lipinski definition) is 2. The monoisotopic (exact) mass is 286 g/mol. The van der Waals surface area contributed by atoms with E-state index in [1.807, 2.05) is 0 Å². The number of rotatable bonds is 4. The molecule has 0 aliphatic rings. The van der Waals surface area contributed by atoms with Gasteiger partial charge in [-0.1, -0.05) is 0 Å². The molecule has 0 radical (unpaired) electrons. The maximum atomic E-state index is 11.3. The Hall–Kier alpha value is -0.530. The van der Waals surface area contributed by atoms with Crippen molar-refractivity contribution in [3.05, 3.63) is 0 Å². The van der Waals surface area contributed by atoms with Gasteiger partial charge in [-0.3, -0.25) is 0 Å². The summed E-state index contributed by atoms with van der Waals surface area (Å²) in [7, 11) is 1.22. The molecule has 0 saturated heterocycles. The summed E-state index contributed by atoms with van der Waals surface area (Å²) < 4.78 is 28.8. The molecule has 0 heterocycles. The number of nitrogens with one attached hydrogen (secondary N) is 2. The molecule has 0 rings (SSSR count). The van der Waals surface area contributed by atoms with Crippen LogP contribution >= 0.6 is 10.7 Å². The van der Waals surface area contributed by atoms with Gasteiger partial charge in [0.05, 0.1) is 0 Å². The van der Waals surface area contributed by atoms with Gasteiger partial charge in [0.15, 0.2) is 0 Å². The Morgan fingerprint density at radius 2 is 1.71 bits per heavy atom. The average Bonchev–Trinajstić information content (AvgIpc) is 1.92. The molecule has 0 fully saturated rings. The molecule has 0 aliphatic carbocycles. The van der Waals surface area contributed by atoms with E-state index in [0.29, 0.717) is 0 Å². The van der Waals surface area contributed by atoms with Crippen LogP contribution in [0.2, 0.25) is 0 Å². The molecule has 0 aromatic heterocycles. The van der Waals surface area contributed by atoms with Crippen molar-refractivity contribution < 1.29 is 17.9 Å². The molecule has 0 aromatic carbocycles. The second-order valence-electron chi connectivity index (χ2n) is 5.28. The van der Waals surface area contributed by atoms with Crippen LogP contribution in [0.25, 0.3) is 0 Å². The summed E-state index contributed by atoms with van der Waals surface area (Å²) in [6.07, 6.45) is -0.612. The van der Waals surface area contributed by atoms with Crippen molar-refractivity contribution in [3.63, 3.8) is 0 Å². The van der Waals surface area contributed by atoms with Crippen molar-refractivity contribution in [2.75, 3.05) is 6.54 Å².